The van der Waals surface area contributed by atoms with E-state index in [-0.39, 0.29) is 11.0 Å². The normalized spacial score (nSPS) is 15.2. The zero-order chi connectivity index (χ0) is 40.4. The Balaban J connectivity index is 1.14. The van der Waals surface area contributed by atoms with Crippen LogP contribution in [-0.2, 0) is 5.41 Å². The van der Waals surface area contributed by atoms with Crippen LogP contribution < -0.4 is 10.9 Å². The first-order valence-electron chi connectivity index (χ1n) is 20.5. The second kappa shape index (κ2) is 14.0. The Kier molecular flexibility index (Phi) is 8.31. The van der Waals surface area contributed by atoms with Crippen LogP contribution in [-0.4, -0.2) is 16.2 Å². The summed E-state index contributed by atoms with van der Waals surface area (Å²) in [7, 11) is 0. The second-order valence-corrected chi connectivity index (χ2v) is 16.2. The largest absolute Gasteiger partial charge is 0.344 e. The van der Waals surface area contributed by atoms with Crippen molar-refractivity contribution in [3.8, 4) is 39.1 Å². The smallest absolute Gasteiger partial charge is 0.263 e. The van der Waals surface area contributed by atoms with Gasteiger partial charge < -0.3 is 5.32 Å². The Morgan fingerprint density at radius 3 is 1.82 bits per heavy atom. The van der Waals surface area contributed by atoms with E-state index in [2.05, 4.69) is 159 Å². The summed E-state index contributed by atoms with van der Waals surface area (Å²) >= 11 is 0. The molecule has 0 bridgehead atoms. The van der Waals surface area contributed by atoms with Crippen molar-refractivity contribution < 1.29 is 0 Å². The molecule has 60 heavy (non-hydrogen) atoms. The quantitative estimate of drug-likeness (QED) is 0.171. The number of hydrogen-bond acceptors (Lipinski definition) is 4. The number of aliphatic imine (C=N–C) groups is 2. The number of nitrogens with one attached hydrogen (secondary N) is 1. The van der Waals surface area contributed by atoms with E-state index in [1.165, 1.54) is 22.3 Å². The number of nitrogens with zero attached hydrogens (tertiary/aromatic N) is 3. The summed E-state index contributed by atoms with van der Waals surface area (Å²) < 4.78 is 1.82. The van der Waals surface area contributed by atoms with Gasteiger partial charge in [0.15, 0.2) is 5.84 Å². The fourth-order valence-corrected chi connectivity index (χ4v) is 9.38. The summed E-state index contributed by atoms with van der Waals surface area (Å²) in [5.74, 6) is 1.42. The van der Waals surface area contributed by atoms with Gasteiger partial charge in [0.2, 0.25) is 0 Å². The minimum absolute atomic E-state index is 0.0448. The Bertz CT molecular complexity index is 3220. The van der Waals surface area contributed by atoms with E-state index >= 15 is 0 Å². The highest BCUT2D eigenvalue weighted by Gasteiger charge is 2.38. The molecule has 1 aliphatic heterocycles. The molecule has 8 aromatic carbocycles. The van der Waals surface area contributed by atoms with Crippen molar-refractivity contribution in [3.05, 3.63) is 232 Å². The van der Waals surface area contributed by atoms with Crippen LogP contribution in [0.1, 0.15) is 47.8 Å². The van der Waals surface area contributed by atoms with Crippen LogP contribution in [0.2, 0.25) is 0 Å². The second-order valence-electron chi connectivity index (χ2n) is 16.2. The molecule has 2 heterocycles. The lowest BCUT2D eigenvalue weighted by molar-refractivity contribution is 0.654. The molecule has 1 atom stereocenters. The monoisotopic (exact) mass is 772 g/mol. The third-order valence-electron chi connectivity index (χ3n) is 12.2. The number of pyridine rings is 1. The minimum Gasteiger partial charge on any atom is -0.344 e. The number of benzene rings is 8. The summed E-state index contributed by atoms with van der Waals surface area (Å²) in [6.07, 6.45) is -0.490. The van der Waals surface area contributed by atoms with Gasteiger partial charge in [0.25, 0.3) is 5.56 Å². The maximum Gasteiger partial charge on any atom is 0.263 e. The van der Waals surface area contributed by atoms with Crippen LogP contribution in [0.5, 0.6) is 0 Å². The van der Waals surface area contributed by atoms with E-state index in [0.717, 1.165) is 66.8 Å². The van der Waals surface area contributed by atoms with Crippen molar-refractivity contribution in [1.29, 1.82) is 0 Å². The average molecular weight is 773 g/mol. The Labute approximate surface area is 348 Å². The maximum atomic E-state index is 14.1. The van der Waals surface area contributed by atoms with Gasteiger partial charge in [-0.2, -0.15) is 0 Å². The first-order chi connectivity index (χ1) is 29.4. The molecule has 0 saturated carbocycles. The molecule has 1 aromatic heterocycles. The first kappa shape index (κ1) is 35.5. The van der Waals surface area contributed by atoms with Crippen molar-refractivity contribution in [1.82, 2.24) is 9.88 Å². The molecule has 0 fully saturated rings. The molecular weight excluding hydrogens is 733 g/mol. The summed E-state index contributed by atoms with van der Waals surface area (Å²) in [6, 6.07) is 67.2. The van der Waals surface area contributed by atoms with E-state index in [9.17, 15) is 4.79 Å². The predicted molar refractivity (Wildman–Crippen MR) is 247 cm³/mol. The van der Waals surface area contributed by atoms with Gasteiger partial charge in [0.1, 0.15) is 12.0 Å². The van der Waals surface area contributed by atoms with Crippen LogP contribution in [0, 0.1) is 0 Å². The van der Waals surface area contributed by atoms with Crippen LogP contribution in [0.4, 0.5) is 0 Å². The Morgan fingerprint density at radius 1 is 0.517 bits per heavy atom. The topological polar surface area (TPSA) is 58.8 Å². The number of rotatable bonds is 6. The molecule has 2 aliphatic rings. The summed E-state index contributed by atoms with van der Waals surface area (Å²) in [5.41, 5.74) is 13.8. The number of para-hydroxylation sites is 1. The highest BCUT2D eigenvalue weighted by Crippen LogP contribution is 2.50. The lowest BCUT2D eigenvalue weighted by Crippen LogP contribution is -2.34. The van der Waals surface area contributed by atoms with Crippen molar-refractivity contribution in [2.24, 2.45) is 9.98 Å². The van der Waals surface area contributed by atoms with E-state index in [4.69, 9.17) is 9.98 Å². The number of fused-ring (bicyclic) bond motifs is 6. The van der Waals surface area contributed by atoms with Gasteiger partial charge >= 0.3 is 0 Å². The van der Waals surface area contributed by atoms with Crippen LogP contribution in [0.15, 0.2) is 209 Å². The molecular formula is C55H40N4O. The SMILES string of the molecule is CC1(C)c2ccccc2-c2cccc(C3=NC(c4ccc5c(c4)c4ccccc4c(=O)n5-c4ccccc4)NC(c4cc(-c5ccccc5)cc(-c5ccccc5)c4)=N3)c21. The third kappa shape index (κ3) is 5.81. The van der Waals surface area contributed by atoms with Crippen molar-refractivity contribution in [2.45, 2.75) is 25.4 Å². The molecule has 11 rings (SSSR count). The summed E-state index contributed by atoms with van der Waals surface area (Å²) in [6.45, 7) is 4.61. The average Bonchev–Trinajstić information content (AvgIpc) is 3.55. The highest BCUT2D eigenvalue weighted by molar-refractivity contribution is 6.15. The molecule has 9 aromatic rings. The van der Waals surface area contributed by atoms with Gasteiger partial charge in [-0.15, -0.1) is 0 Å². The fourth-order valence-electron chi connectivity index (χ4n) is 9.38. The summed E-state index contributed by atoms with van der Waals surface area (Å²) in [5, 5.41) is 6.36. The molecule has 0 saturated heterocycles. The van der Waals surface area contributed by atoms with E-state index < -0.39 is 6.17 Å². The van der Waals surface area contributed by atoms with Gasteiger partial charge in [-0.25, -0.2) is 9.98 Å². The van der Waals surface area contributed by atoms with E-state index in [1.54, 1.807) is 0 Å². The van der Waals surface area contributed by atoms with Gasteiger partial charge in [-0.3, -0.25) is 9.36 Å². The molecule has 1 N–H and O–H groups in total. The van der Waals surface area contributed by atoms with E-state index in [0.29, 0.717) is 11.2 Å². The fraction of sp³-hybridized carbons (Fsp3) is 0.0727. The molecule has 1 unspecified atom stereocenters. The number of aromatic nitrogens is 1. The lowest BCUT2D eigenvalue weighted by Gasteiger charge is -2.28. The molecule has 0 radical (unpaired) electrons. The predicted octanol–water partition coefficient (Wildman–Crippen LogP) is 12.3. The van der Waals surface area contributed by atoms with Gasteiger partial charge in [0.05, 0.1) is 5.52 Å². The molecule has 1 aliphatic carbocycles. The Hall–Kier alpha value is -7.63. The zero-order valence-corrected chi connectivity index (χ0v) is 33.3. The first-order valence-corrected chi connectivity index (χ1v) is 20.5. The van der Waals surface area contributed by atoms with Crippen molar-refractivity contribution in [2.75, 3.05) is 0 Å². The van der Waals surface area contributed by atoms with Gasteiger partial charge in [-0.05, 0) is 104 Å². The zero-order valence-electron chi connectivity index (χ0n) is 33.3. The minimum atomic E-state index is -0.490. The lowest BCUT2D eigenvalue weighted by atomic mass is 9.80. The van der Waals surface area contributed by atoms with Gasteiger partial charge in [0, 0.05) is 33.0 Å². The number of hydrogen-bond donors (Lipinski definition) is 1. The molecule has 5 heteroatoms. The van der Waals surface area contributed by atoms with Crippen molar-refractivity contribution in [3.63, 3.8) is 0 Å². The highest BCUT2D eigenvalue weighted by atomic mass is 16.1. The summed E-state index contributed by atoms with van der Waals surface area (Å²) in [4.78, 5) is 25.1. The molecule has 286 valence electrons. The molecule has 0 spiro atoms. The molecule has 5 nitrogen and oxygen atoms in total. The van der Waals surface area contributed by atoms with Crippen LogP contribution >= 0.6 is 0 Å². The third-order valence-corrected chi connectivity index (χ3v) is 12.2. The van der Waals surface area contributed by atoms with E-state index in [1.807, 2.05) is 59.2 Å². The Morgan fingerprint density at radius 2 is 1.10 bits per heavy atom. The standard InChI is InChI=1S/C55H40N4O/c1-55(2)48-28-15-14-24-43(48)44-26-16-27-46(50(44)55)53-57-51(37-29-30-49-47(34-37)42-23-12-13-25-45(42)54(60)59(49)41-21-10-5-11-22-41)56-52(58-53)40-32-38(35-17-6-3-7-18-35)31-39(33-40)36-19-8-4-9-20-36/h3-34,51H,1-2H3,(H,56,57,58). The van der Waals surface area contributed by atoms with Crippen LogP contribution in [0.25, 0.3) is 60.7 Å². The maximum absolute atomic E-state index is 14.1. The van der Waals surface area contributed by atoms with Gasteiger partial charge in [-0.1, -0.05) is 159 Å². The molecule has 0 amide bonds. The van der Waals surface area contributed by atoms with Crippen molar-refractivity contribution >= 4 is 33.3 Å². The van der Waals surface area contributed by atoms with Crippen LogP contribution in [0.3, 0.4) is 0 Å². The number of amidine groups is 2.